The lowest BCUT2D eigenvalue weighted by Crippen LogP contribution is -2.13. The molecule has 0 saturated heterocycles. The van der Waals surface area contributed by atoms with Gasteiger partial charge in [-0.15, -0.1) is 0 Å². The maximum Gasteiger partial charge on any atom is 0.271 e. The smallest absolute Gasteiger partial charge is 0.271 e. The Morgan fingerprint density at radius 1 is 1.00 bits per heavy atom. The lowest BCUT2D eigenvalue weighted by molar-refractivity contribution is -0.384. The van der Waals surface area contributed by atoms with Crippen LogP contribution in [-0.4, -0.2) is 20.8 Å². The Balaban J connectivity index is 1.76. The zero-order chi connectivity index (χ0) is 20.4. The number of amides is 1. The number of aromatic nitrogens is 2. The molecule has 0 unspecified atom stereocenters. The van der Waals surface area contributed by atoms with Crippen LogP contribution in [-0.2, 0) is 0 Å². The highest BCUT2D eigenvalue weighted by Gasteiger charge is 2.17. The lowest BCUT2D eigenvalue weighted by Gasteiger charge is -2.11. The second-order valence-electron chi connectivity index (χ2n) is 6.16. The van der Waals surface area contributed by atoms with Crippen LogP contribution < -0.4 is 5.32 Å². The number of halogens is 1. The molecule has 0 spiro atoms. The fourth-order valence-corrected chi connectivity index (χ4v) is 3.14. The number of anilines is 1. The second kappa shape index (κ2) is 7.65. The van der Waals surface area contributed by atoms with Crippen LogP contribution in [0.5, 0.6) is 0 Å². The number of nitrogens with zero attached hydrogens (tertiary/aromatic N) is 3. The van der Waals surface area contributed by atoms with Gasteiger partial charge in [-0.1, -0.05) is 35.9 Å². The van der Waals surface area contributed by atoms with Crippen LogP contribution in [0, 0.1) is 10.1 Å². The molecule has 2 heterocycles. The summed E-state index contributed by atoms with van der Waals surface area (Å²) in [7, 11) is 0. The van der Waals surface area contributed by atoms with Gasteiger partial charge in [0.2, 0.25) is 0 Å². The summed E-state index contributed by atoms with van der Waals surface area (Å²) in [4.78, 5) is 32.3. The maximum absolute atomic E-state index is 13.0. The molecule has 1 amide bonds. The SMILES string of the molecule is O=C(Nc1ccc([N+](=O)[O-])cc1Cl)c1cc(-c2ccccn2)nc2ccccc12. The van der Waals surface area contributed by atoms with Crippen molar-refractivity contribution < 1.29 is 9.72 Å². The van der Waals surface area contributed by atoms with E-state index in [1.165, 1.54) is 18.2 Å². The van der Waals surface area contributed by atoms with E-state index < -0.39 is 10.8 Å². The van der Waals surface area contributed by atoms with E-state index in [1.807, 2.05) is 30.3 Å². The van der Waals surface area contributed by atoms with E-state index in [2.05, 4.69) is 15.3 Å². The van der Waals surface area contributed by atoms with Crippen LogP contribution in [0.3, 0.4) is 0 Å². The summed E-state index contributed by atoms with van der Waals surface area (Å²) in [6, 6.07) is 18.3. The van der Waals surface area contributed by atoms with Gasteiger partial charge in [-0.3, -0.25) is 19.9 Å². The lowest BCUT2D eigenvalue weighted by atomic mass is 10.1. The molecule has 0 radical (unpaired) electrons. The van der Waals surface area contributed by atoms with Crippen molar-refractivity contribution in [2.45, 2.75) is 0 Å². The monoisotopic (exact) mass is 404 g/mol. The van der Waals surface area contributed by atoms with Crippen LogP contribution in [0.15, 0.2) is 72.9 Å². The van der Waals surface area contributed by atoms with Crippen LogP contribution in [0.25, 0.3) is 22.3 Å². The Morgan fingerprint density at radius 2 is 1.79 bits per heavy atom. The first-order valence-electron chi connectivity index (χ1n) is 8.59. The minimum atomic E-state index is -0.549. The van der Waals surface area contributed by atoms with Crippen molar-refractivity contribution in [3.63, 3.8) is 0 Å². The number of para-hydroxylation sites is 1. The largest absolute Gasteiger partial charge is 0.321 e. The van der Waals surface area contributed by atoms with Crippen LogP contribution in [0.4, 0.5) is 11.4 Å². The average Bonchev–Trinajstić information content (AvgIpc) is 2.74. The van der Waals surface area contributed by atoms with Crippen LogP contribution in [0.1, 0.15) is 10.4 Å². The molecule has 2 aromatic heterocycles. The van der Waals surface area contributed by atoms with E-state index in [4.69, 9.17) is 11.6 Å². The number of hydrogen-bond donors (Lipinski definition) is 1. The van der Waals surface area contributed by atoms with Gasteiger partial charge in [0.1, 0.15) is 0 Å². The number of fused-ring (bicyclic) bond motifs is 1. The van der Waals surface area contributed by atoms with E-state index in [-0.39, 0.29) is 16.4 Å². The van der Waals surface area contributed by atoms with Crippen molar-refractivity contribution in [2.75, 3.05) is 5.32 Å². The molecule has 142 valence electrons. The van der Waals surface area contributed by atoms with Gasteiger partial charge in [-0.2, -0.15) is 0 Å². The molecule has 0 aliphatic heterocycles. The fourth-order valence-electron chi connectivity index (χ4n) is 2.92. The maximum atomic E-state index is 13.0. The van der Waals surface area contributed by atoms with E-state index in [0.717, 1.165) is 0 Å². The first-order valence-corrected chi connectivity index (χ1v) is 8.97. The van der Waals surface area contributed by atoms with Crippen molar-refractivity contribution in [1.29, 1.82) is 0 Å². The van der Waals surface area contributed by atoms with Crippen molar-refractivity contribution in [2.24, 2.45) is 0 Å². The van der Waals surface area contributed by atoms with Gasteiger partial charge in [0.15, 0.2) is 0 Å². The highest BCUT2D eigenvalue weighted by atomic mass is 35.5. The molecule has 0 fully saturated rings. The molecule has 0 aliphatic rings. The summed E-state index contributed by atoms with van der Waals surface area (Å²) in [6.45, 7) is 0. The van der Waals surface area contributed by atoms with Gasteiger partial charge >= 0.3 is 0 Å². The standard InChI is InChI=1S/C21H13ClN4O3/c22-16-11-13(26(28)29)8-9-18(16)25-21(27)15-12-20(19-7-3-4-10-23-19)24-17-6-2-1-5-14(15)17/h1-12H,(H,25,27). The number of nitrogens with one attached hydrogen (secondary N) is 1. The molecule has 1 N–H and O–H groups in total. The molecule has 29 heavy (non-hydrogen) atoms. The zero-order valence-corrected chi connectivity index (χ0v) is 15.6. The Hall–Kier alpha value is -3.84. The third-order valence-electron chi connectivity index (χ3n) is 4.30. The number of carbonyl (C=O) groups excluding carboxylic acids is 1. The Labute approximate surface area is 170 Å². The van der Waals surface area contributed by atoms with Gasteiger partial charge in [0.05, 0.1) is 38.1 Å². The second-order valence-corrected chi connectivity index (χ2v) is 6.57. The summed E-state index contributed by atoms with van der Waals surface area (Å²) in [5.41, 5.74) is 2.37. The molecule has 0 aliphatic carbocycles. The van der Waals surface area contributed by atoms with E-state index in [9.17, 15) is 14.9 Å². The fraction of sp³-hybridized carbons (Fsp3) is 0. The molecule has 8 heteroatoms. The molecule has 2 aromatic carbocycles. The summed E-state index contributed by atoms with van der Waals surface area (Å²) in [5.74, 6) is -0.406. The van der Waals surface area contributed by atoms with Gasteiger partial charge < -0.3 is 5.32 Å². The molecule has 0 saturated carbocycles. The first kappa shape index (κ1) is 18.5. The molecule has 4 rings (SSSR count). The van der Waals surface area contributed by atoms with Gasteiger partial charge in [0.25, 0.3) is 11.6 Å². The highest BCUT2D eigenvalue weighted by Crippen LogP contribution is 2.29. The summed E-state index contributed by atoms with van der Waals surface area (Å²) in [6.07, 6.45) is 1.66. The number of rotatable bonds is 4. The van der Waals surface area contributed by atoms with E-state index >= 15 is 0 Å². The zero-order valence-electron chi connectivity index (χ0n) is 14.9. The number of non-ortho nitro benzene ring substituents is 1. The Kier molecular flexibility index (Phi) is 4.88. The molecule has 0 atom stereocenters. The first-order chi connectivity index (χ1) is 14.0. The third kappa shape index (κ3) is 3.76. The molecule has 7 nitrogen and oxygen atoms in total. The minimum absolute atomic E-state index is 0.0795. The topological polar surface area (TPSA) is 98.0 Å². The molecule has 0 bridgehead atoms. The van der Waals surface area contributed by atoms with E-state index in [0.29, 0.717) is 27.9 Å². The van der Waals surface area contributed by atoms with Gasteiger partial charge in [-0.05, 0) is 30.3 Å². The van der Waals surface area contributed by atoms with Crippen molar-refractivity contribution in [1.82, 2.24) is 9.97 Å². The summed E-state index contributed by atoms with van der Waals surface area (Å²) in [5, 5.41) is 14.3. The number of pyridine rings is 2. The van der Waals surface area contributed by atoms with Gasteiger partial charge in [0, 0.05) is 23.7 Å². The predicted octanol–water partition coefficient (Wildman–Crippen LogP) is 5.11. The average molecular weight is 405 g/mol. The van der Waals surface area contributed by atoms with Crippen LogP contribution in [0.2, 0.25) is 5.02 Å². The van der Waals surface area contributed by atoms with Crippen molar-refractivity contribution >= 4 is 39.8 Å². The van der Waals surface area contributed by atoms with Gasteiger partial charge in [-0.25, -0.2) is 4.98 Å². The normalized spacial score (nSPS) is 10.7. The highest BCUT2D eigenvalue weighted by molar-refractivity contribution is 6.34. The third-order valence-corrected chi connectivity index (χ3v) is 4.61. The number of nitro benzene ring substituents is 1. The van der Waals surface area contributed by atoms with Crippen molar-refractivity contribution in [3.8, 4) is 11.4 Å². The van der Waals surface area contributed by atoms with Crippen LogP contribution >= 0.6 is 11.6 Å². The molecular weight excluding hydrogens is 392 g/mol. The predicted molar refractivity (Wildman–Crippen MR) is 111 cm³/mol. The van der Waals surface area contributed by atoms with Crippen molar-refractivity contribution in [3.05, 3.63) is 93.6 Å². The molecule has 4 aromatic rings. The molecular formula is C21H13ClN4O3. The number of carbonyl (C=O) groups is 1. The Bertz CT molecular complexity index is 1250. The Morgan fingerprint density at radius 3 is 2.52 bits per heavy atom. The minimum Gasteiger partial charge on any atom is -0.321 e. The quantitative estimate of drug-likeness (QED) is 0.376. The number of benzene rings is 2. The number of hydrogen-bond acceptors (Lipinski definition) is 5. The summed E-state index contributed by atoms with van der Waals surface area (Å²) >= 11 is 6.11. The summed E-state index contributed by atoms with van der Waals surface area (Å²) < 4.78 is 0. The number of nitro groups is 1. The van der Waals surface area contributed by atoms with E-state index in [1.54, 1.807) is 24.4 Å².